The predicted octanol–water partition coefficient (Wildman–Crippen LogP) is 3.43. The molecule has 20 heavy (non-hydrogen) atoms. The number of unbranched alkanes of at least 4 members (excludes halogenated alkanes) is 2. The minimum absolute atomic E-state index is 0.0453. The van der Waals surface area contributed by atoms with E-state index in [2.05, 4.69) is 26.1 Å². The summed E-state index contributed by atoms with van der Waals surface area (Å²) in [5.41, 5.74) is 0.316. The minimum Gasteiger partial charge on any atom is -0.508 e. The molecule has 0 radical (unpaired) electrons. The molecule has 4 heteroatoms. The van der Waals surface area contributed by atoms with E-state index in [1.165, 1.54) is 31.0 Å². The van der Waals surface area contributed by atoms with Crippen molar-refractivity contribution in [2.24, 2.45) is 5.41 Å². The lowest BCUT2D eigenvalue weighted by atomic mass is 9.87. The van der Waals surface area contributed by atoms with Crippen LogP contribution >= 0.6 is 0 Å². The van der Waals surface area contributed by atoms with E-state index in [9.17, 15) is 15.0 Å². The summed E-state index contributed by atoms with van der Waals surface area (Å²) in [5, 5.41) is 21.6. The van der Waals surface area contributed by atoms with Gasteiger partial charge in [0.2, 0.25) is 0 Å². The highest BCUT2D eigenvalue weighted by atomic mass is 16.3. The van der Waals surface area contributed by atoms with E-state index >= 15 is 0 Å². The second-order valence-corrected chi connectivity index (χ2v) is 6.04. The van der Waals surface area contributed by atoms with Gasteiger partial charge in [-0.25, -0.2) is 0 Å². The van der Waals surface area contributed by atoms with Crippen LogP contribution in [0.3, 0.4) is 0 Å². The third kappa shape index (κ3) is 5.51. The lowest BCUT2D eigenvalue weighted by Gasteiger charge is -2.25. The first-order valence-corrected chi connectivity index (χ1v) is 7.15. The average molecular weight is 279 g/mol. The zero-order chi connectivity index (χ0) is 15.2. The van der Waals surface area contributed by atoms with Crippen molar-refractivity contribution in [1.82, 2.24) is 5.32 Å². The molecule has 0 fully saturated rings. The van der Waals surface area contributed by atoms with Crippen molar-refractivity contribution in [2.45, 2.75) is 46.5 Å². The Morgan fingerprint density at radius 3 is 2.30 bits per heavy atom. The van der Waals surface area contributed by atoms with E-state index < -0.39 is 0 Å². The fourth-order valence-corrected chi connectivity index (χ4v) is 2.09. The van der Waals surface area contributed by atoms with Crippen LogP contribution in [0.2, 0.25) is 0 Å². The minimum atomic E-state index is -0.278. The average Bonchev–Trinajstić information content (AvgIpc) is 2.35. The summed E-state index contributed by atoms with van der Waals surface area (Å²) in [7, 11) is 0. The van der Waals surface area contributed by atoms with Gasteiger partial charge in [0.15, 0.2) is 0 Å². The number of benzene rings is 1. The third-order valence-corrected chi connectivity index (χ3v) is 3.35. The van der Waals surface area contributed by atoms with Gasteiger partial charge < -0.3 is 15.5 Å². The number of aromatic hydroxyl groups is 2. The normalized spacial score (nSPS) is 11.3. The maximum Gasteiger partial charge on any atom is 0.251 e. The number of hydrogen-bond donors (Lipinski definition) is 3. The number of nitrogens with one attached hydrogen (secondary N) is 1. The SMILES string of the molecule is CCCCCC(C)(C)CNC(=O)c1cc(O)cc(O)c1. The molecular weight excluding hydrogens is 254 g/mol. The Morgan fingerprint density at radius 2 is 1.75 bits per heavy atom. The van der Waals surface area contributed by atoms with Gasteiger partial charge in [0.05, 0.1) is 0 Å². The molecule has 0 bridgehead atoms. The predicted molar refractivity (Wildman–Crippen MR) is 80.0 cm³/mol. The molecule has 0 aliphatic rings. The van der Waals surface area contributed by atoms with Crippen molar-refractivity contribution in [3.63, 3.8) is 0 Å². The summed E-state index contributed by atoms with van der Waals surface area (Å²) < 4.78 is 0. The number of phenolic OH excluding ortho intramolecular Hbond substituents is 2. The Balaban J connectivity index is 2.53. The Hall–Kier alpha value is -1.71. The van der Waals surface area contributed by atoms with E-state index in [4.69, 9.17) is 0 Å². The highest BCUT2D eigenvalue weighted by Crippen LogP contribution is 2.24. The highest BCUT2D eigenvalue weighted by Gasteiger charge is 2.19. The largest absolute Gasteiger partial charge is 0.508 e. The number of rotatable bonds is 7. The number of carbonyl (C=O) groups excluding carboxylic acids is 1. The molecule has 0 atom stereocenters. The molecule has 0 aromatic heterocycles. The third-order valence-electron chi connectivity index (χ3n) is 3.35. The second-order valence-electron chi connectivity index (χ2n) is 6.04. The molecule has 0 heterocycles. The van der Waals surface area contributed by atoms with Crippen molar-refractivity contribution in [3.8, 4) is 11.5 Å². The van der Waals surface area contributed by atoms with E-state index in [0.29, 0.717) is 6.54 Å². The first-order chi connectivity index (χ1) is 9.34. The molecule has 0 saturated heterocycles. The van der Waals surface area contributed by atoms with E-state index in [1.54, 1.807) is 0 Å². The molecule has 0 aliphatic carbocycles. The Bertz CT molecular complexity index is 435. The van der Waals surface area contributed by atoms with Gasteiger partial charge >= 0.3 is 0 Å². The van der Waals surface area contributed by atoms with Crippen molar-refractivity contribution in [1.29, 1.82) is 0 Å². The van der Waals surface area contributed by atoms with Gasteiger partial charge in [-0.1, -0.05) is 40.0 Å². The summed E-state index contributed by atoms with van der Waals surface area (Å²) in [5.74, 6) is -0.505. The summed E-state index contributed by atoms with van der Waals surface area (Å²) in [6, 6.07) is 3.89. The maximum absolute atomic E-state index is 12.0. The quantitative estimate of drug-likeness (QED) is 0.670. The maximum atomic E-state index is 12.0. The van der Waals surface area contributed by atoms with Gasteiger partial charge in [-0.3, -0.25) is 4.79 Å². The highest BCUT2D eigenvalue weighted by molar-refractivity contribution is 5.95. The zero-order valence-corrected chi connectivity index (χ0v) is 12.6. The van der Waals surface area contributed by atoms with E-state index in [-0.39, 0.29) is 28.4 Å². The number of hydrogen-bond acceptors (Lipinski definition) is 3. The van der Waals surface area contributed by atoms with E-state index in [1.807, 2.05) is 0 Å². The molecule has 0 unspecified atom stereocenters. The molecule has 0 spiro atoms. The lowest BCUT2D eigenvalue weighted by Crippen LogP contribution is -2.34. The van der Waals surface area contributed by atoms with Crippen LogP contribution in [0.1, 0.15) is 56.8 Å². The molecule has 1 rings (SSSR count). The summed E-state index contributed by atoms with van der Waals surface area (Å²) in [6.07, 6.45) is 4.61. The Labute approximate surface area is 120 Å². The molecule has 3 N–H and O–H groups in total. The smallest absolute Gasteiger partial charge is 0.251 e. The fourth-order valence-electron chi connectivity index (χ4n) is 2.09. The van der Waals surface area contributed by atoms with Gasteiger partial charge in [0.1, 0.15) is 11.5 Å². The fraction of sp³-hybridized carbons (Fsp3) is 0.562. The van der Waals surface area contributed by atoms with Gasteiger partial charge in [0, 0.05) is 18.2 Å². The number of amides is 1. The topological polar surface area (TPSA) is 69.6 Å². The second kappa shape index (κ2) is 7.17. The summed E-state index contributed by atoms with van der Waals surface area (Å²) >= 11 is 0. The van der Waals surface area contributed by atoms with Gasteiger partial charge in [-0.2, -0.15) is 0 Å². The van der Waals surface area contributed by atoms with Crippen LogP contribution in [0.15, 0.2) is 18.2 Å². The standard InChI is InChI=1S/C16H25NO3/c1-4-5-6-7-16(2,3)11-17-15(20)12-8-13(18)10-14(19)9-12/h8-10,18-19H,4-7,11H2,1-3H3,(H,17,20). The Kier molecular flexibility index (Phi) is 5.86. The first-order valence-electron chi connectivity index (χ1n) is 7.15. The number of phenols is 2. The van der Waals surface area contributed by atoms with Crippen LogP contribution in [-0.4, -0.2) is 22.7 Å². The lowest BCUT2D eigenvalue weighted by molar-refractivity contribution is 0.0933. The van der Waals surface area contributed by atoms with Crippen molar-refractivity contribution >= 4 is 5.91 Å². The van der Waals surface area contributed by atoms with Crippen molar-refractivity contribution < 1.29 is 15.0 Å². The monoisotopic (exact) mass is 279 g/mol. The van der Waals surface area contributed by atoms with Gasteiger partial charge in [-0.05, 0) is 24.0 Å². The van der Waals surface area contributed by atoms with Crippen LogP contribution < -0.4 is 5.32 Å². The van der Waals surface area contributed by atoms with Crippen LogP contribution in [0, 0.1) is 5.41 Å². The number of carbonyl (C=O) groups is 1. The summed E-state index contributed by atoms with van der Waals surface area (Å²) in [4.78, 5) is 12.0. The van der Waals surface area contributed by atoms with Crippen molar-refractivity contribution in [2.75, 3.05) is 6.54 Å². The molecule has 1 aromatic carbocycles. The Morgan fingerprint density at radius 1 is 1.15 bits per heavy atom. The van der Waals surface area contributed by atoms with Crippen molar-refractivity contribution in [3.05, 3.63) is 23.8 Å². The van der Waals surface area contributed by atoms with Crippen LogP contribution in [0.5, 0.6) is 11.5 Å². The molecule has 4 nitrogen and oxygen atoms in total. The molecular formula is C16H25NO3. The molecule has 1 aromatic rings. The molecule has 112 valence electrons. The first kappa shape index (κ1) is 16.3. The van der Waals surface area contributed by atoms with Crippen LogP contribution in [-0.2, 0) is 0 Å². The van der Waals surface area contributed by atoms with Gasteiger partial charge in [0.25, 0.3) is 5.91 Å². The molecule has 1 amide bonds. The van der Waals surface area contributed by atoms with Crippen LogP contribution in [0.4, 0.5) is 0 Å². The van der Waals surface area contributed by atoms with E-state index in [0.717, 1.165) is 12.8 Å². The van der Waals surface area contributed by atoms with Gasteiger partial charge in [-0.15, -0.1) is 0 Å². The molecule has 0 saturated carbocycles. The zero-order valence-electron chi connectivity index (χ0n) is 12.6. The summed E-state index contributed by atoms with van der Waals surface area (Å²) in [6.45, 7) is 7.00. The molecule has 0 aliphatic heterocycles. The van der Waals surface area contributed by atoms with Crippen LogP contribution in [0.25, 0.3) is 0 Å².